The van der Waals surface area contributed by atoms with Crippen LogP contribution in [0.2, 0.25) is 0 Å². The molecule has 0 spiro atoms. The minimum absolute atomic E-state index is 0.0465. The highest BCUT2D eigenvalue weighted by molar-refractivity contribution is 5.42. The number of hydrogen-bond donors (Lipinski definition) is 1. The van der Waals surface area contributed by atoms with E-state index in [9.17, 15) is 0 Å². The summed E-state index contributed by atoms with van der Waals surface area (Å²) in [5.41, 5.74) is 9.43. The highest BCUT2D eigenvalue weighted by Crippen LogP contribution is 2.37. The monoisotopic (exact) mass is 294 g/mol. The van der Waals surface area contributed by atoms with Crippen LogP contribution < -0.4 is 10.5 Å². The Balaban J connectivity index is 1.68. The summed E-state index contributed by atoms with van der Waals surface area (Å²) in [5.74, 6) is 1.68. The van der Waals surface area contributed by atoms with Gasteiger partial charge in [0.25, 0.3) is 0 Å². The Labute approximate surface area is 128 Å². The Bertz CT molecular complexity index is 826. The second kappa shape index (κ2) is 5.10. The number of aromatic nitrogens is 3. The van der Waals surface area contributed by atoms with Crippen LogP contribution in [0, 0.1) is 6.92 Å². The summed E-state index contributed by atoms with van der Waals surface area (Å²) >= 11 is 0. The first-order valence-corrected chi connectivity index (χ1v) is 7.55. The fourth-order valence-electron chi connectivity index (χ4n) is 3.13. The van der Waals surface area contributed by atoms with Gasteiger partial charge in [0.1, 0.15) is 17.7 Å². The number of nitrogens with two attached hydrogens (primary N) is 1. The zero-order valence-electron chi connectivity index (χ0n) is 12.4. The quantitative estimate of drug-likeness (QED) is 0.789. The van der Waals surface area contributed by atoms with Gasteiger partial charge in [0.2, 0.25) is 0 Å². The molecule has 5 nitrogen and oxygen atoms in total. The molecule has 0 saturated carbocycles. The lowest BCUT2D eigenvalue weighted by atomic mass is 9.86. The third kappa shape index (κ3) is 2.14. The minimum atomic E-state index is 0.0465. The van der Waals surface area contributed by atoms with E-state index in [0.29, 0.717) is 0 Å². The maximum absolute atomic E-state index is 6.23. The fourth-order valence-corrected chi connectivity index (χ4v) is 3.13. The summed E-state index contributed by atoms with van der Waals surface area (Å²) in [7, 11) is 0. The van der Waals surface area contributed by atoms with E-state index < -0.39 is 0 Å². The Morgan fingerprint density at radius 2 is 1.91 bits per heavy atom. The number of pyridine rings is 1. The van der Waals surface area contributed by atoms with Gasteiger partial charge in [-0.05, 0) is 43.0 Å². The van der Waals surface area contributed by atoms with Gasteiger partial charge in [0.05, 0.1) is 6.20 Å². The van der Waals surface area contributed by atoms with Crippen LogP contribution in [0.5, 0.6) is 5.75 Å². The van der Waals surface area contributed by atoms with Crippen molar-refractivity contribution in [1.29, 1.82) is 0 Å². The molecule has 3 aromatic rings. The Morgan fingerprint density at radius 1 is 1.09 bits per heavy atom. The van der Waals surface area contributed by atoms with Crippen LogP contribution >= 0.6 is 0 Å². The van der Waals surface area contributed by atoms with Crippen molar-refractivity contribution < 1.29 is 4.74 Å². The van der Waals surface area contributed by atoms with Gasteiger partial charge in [-0.3, -0.25) is 4.40 Å². The van der Waals surface area contributed by atoms with Gasteiger partial charge >= 0.3 is 0 Å². The zero-order valence-corrected chi connectivity index (χ0v) is 12.4. The molecule has 4 rings (SSSR count). The van der Waals surface area contributed by atoms with E-state index in [1.807, 2.05) is 41.8 Å². The molecule has 0 saturated heterocycles. The summed E-state index contributed by atoms with van der Waals surface area (Å²) in [6.45, 7) is 1.93. The van der Waals surface area contributed by atoms with Crippen LogP contribution in [-0.4, -0.2) is 14.6 Å². The number of benzene rings is 1. The molecule has 22 heavy (non-hydrogen) atoms. The number of hydrogen-bond acceptors (Lipinski definition) is 4. The molecule has 2 aromatic heterocycles. The predicted octanol–water partition coefficient (Wildman–Crippen LogP) is 2.95. The van der Waals surface area contributed by atoms with Crippen molar-refractivity contribution in [2.75, 3.05) is 0 Å². The van der Waals surface area contributed by atoms with E-state index in [0.717, 1.165) is 30.1 Å². The van der Waals surface area contributed by atoms with Crippen molar-refractivity contribution in [1.82, 2.24) is 14.6 Å². The molecule has 1 aromatic carbocycles. The van der Waals surface area contributed by atoms with Crippen LogP contribution in [0.15, 0.2) is 42.6 Å². The second-order valence-electron chi connectivity index (χ2n) is 5.76. The first-order chi connectivity index (χ1) is 10.7. The topological polar surface area (TPSA) is 65.4 Å². The highest BCUT2D eigenvalue weighted by Gasteiger charge is 2.26. The molecule has 1 aliphatic carbocycles. The molecule has 2 atom stereocenters. The molecular weight excluding hydrogens is 276 g/mol. The van der Waals surface area contributed by atoms with Crippen LogP contribution in [0.1, 0.15) is 41.9 Å². The van der Waals surface area contributed by atoms with E-state index in [1.54, 1.807) is 0 Å². The largest absolute Gasteiger partial charge is 0.484 e. The molecule has 0 bridgehead atoms. The van der Waals surface area contributed by atoms with Crippen molar-refractivity contribution in [3.63, 3.8) is 0 Å². The number of fused-ring (bicyclic) bond motifs is 2. The SMILES string of the molecule is Cc1nnc2ccc(O[C@@H]3CC[C@H](N)c4ccccc43)cn12. The van der Waals surface area contributed by atoms with Crippen LogP contribution in [0.4, 0.5) is 0 Å². The maximum atomic E-state index is 6.23. The zero-order chi connectivity index (χ0) is 15.1. The maximum Gasteiger partial charge on any atom is 0.161 e. The van der Waals surface area contributed by atoms with Gasteiger partial charge in [-0.15, -0.1) is 10.2 Å². The summed E-state index contributed by atoms with van der Waals surface area (Å²) in [4.78, 5) is 0. The molecule has 0 amide bonds. The summed E-state index contributed by atoms with van der Waals surface area (Å²) in [5, 5.41) is 8.16. The summed E-state index contributed by atoms with van der Waals surface area (Å²) < 4.78 is 8.17. The van der Waals surface area contributed by atoms with E-state index in [4.69, 9.17) is 10.5 Å². The molecular formula is C17H18N4O. The number of ether oxygens (including phenoxy) is 1. The first-order valence-electron chi connectivity index (χ1n) is 7.55. The highest BCUT2D eigenvalue weighted by atomic mass is 16.5. The third-order valence-electron chi connectivity index (χ3n) is 4.31. The Hall–Kier alpha value is -2.40. The van der Waals surface area contributed by atoms with E-state index >= 15 is 0 Å². The van der Waals surface area contributed by atoms with Gasteiger partial charge in [0.15, 0.2) is 5.65 Å². The van der Waals surface area contributed by atoms with E-state index in [2.05, 4.69) is 22.3 Å². The lowest BCUT2D eigenvalue weighted by Crippen LogP contribution is -2.23. The second-order valence-corrected chi connectivity index (χ2v) is 5.76. The lowest BCUT2D eigenvalue weighted by molar-refractivity contribution is 0.176. The number of nitrogens with zero attached hydrogens (tertiary/aromatic N) is 3. The van der Waals surface area contributed by atoms with Crippen molar-refractivity contribution >= 4 is 5.65 Å². The number of rotatable bonds is 2. The van der Waals surface area contributed by atoms with Crippen molar-refractivity contribution in [2.24, 2.45) is 5.73 Å². The molecule has 2 N–H and O–H groups in total. The molecule has 0 aliphatic heterocycles. The Morgan fingerprint density at radius 3 is 2.77 bits per heavy atom. The van der Waals surface area contributed by atoms with Gasteiger partial charge in [0, 0.05) is 6.04 Å². The predicted molar refractivity (Wildman–Crippen MR) is 83.7 cm³/mol. The van der Waals surface area contributed by atoms with Gasteiger partial charge in [-0.2, -0.15) is 0 Å². The van der Waals surface area contributed by atoms with Crippen molar-refractivity contribution in [2.45, 2.75) is 31.9 Å². The van der Waals surface area contributed by atoms with E-state index in [-0.39, 0.29) is 12.1 Å². The number of aryl methyl sites for hydroxylation is 1. The molecule has 0 radical (unpaired) electrons. The van der Waals surface area contributed by atoms with Gasteiger partial charge < -0.3 is 10.5 Å². The molecule has 0 fully saturated rings. The molecule has 1 aliphatic rings. The Kier molecular flexibility index (Phi) is 3.08. The fraction of sp³-hybridized carbons (Fsp3) is 0.294. The third-order valence-corrected chi connectivity index (χ3v) is 4.31. The smallest absolute Gasteiger partial charge is 0.161 e. The summed E-state index contributed by atoms with van der Waals surface area (Å²) in [6.07, 6.45) is 3.86. The summed E-state index contributed by atoms with van der Waals surface area (Å²) in [6, 6.07) is 12.3. The molecule has 0 unspecified atom stereocenters. The van der Waals surface area contributed by atoms with Crippen molar-refractivity contribution in [3.05, 3.63) is 59.5 Å². The average molecular weight is 294 g/mol. The van der Waals surface area contributed by atoms with Crippen LogP contribution in [-0.2, 0) is 0 Å². The normalized spacial score (nSPS) is 20.8. The van der Waals surface area contributed by atoms with Gasteiger partial charge in [-0.25, -0.2) is 0 Å². The van der Waals surface area contributed by atoms with Crippen molar-refractivity contribution in [3.8, 4) is 5.75 Å². The van der Waals surface area contributed by atoms with Gasteiger partial charge in [-0.1, -0.05) is 24.3 Å². The minimum Gasteiger partial charge on any atom is -0.484 e. The molecule has 5 heteroatoms. The van der Waals surface area contributed by atoms with Crippen LogP contribution in [0.25, 0.3) is 5.65 Å². The first kappa shape index (κ1) is 13.3. The van der Waals surface area contributed by atoms with E-state index in [1.165, 1.54) is 11.1 Å². The average Bonchev–Trinajstić information content (AvgIpc) is 2.91. The lowest BCUT2D eigenvalue weighted by Gasteiger charge is -2.30. The molecule has 2 heterocycles. The standard InChI is InChI=1S/C17H18N4O/c1-11-19-20-17-9-6-12(10-21(11)17)22-16-8-7-15(18)13-4-2-3-5-14(13)16/h2-6,9-10,15-16H,7-8,18H2,1H3/t15-,16+/m0/s1. The molecule has 112 valence electrons. The van der Waals surface area contributed by atoms with Crippen LogP contribution in [0.3, 0.4) is 0 Å².